The fourth-order valence-electron chi connectivity index (χ4n) is 1.28. The fourth-order valence-corrected chi connectivity index (χ4v) is 1.82. The SMILES string of the molecule is COCc1c(Br)ccc(C(=O)O)c1C. The van der Waals surface area contributed by atoms with Crippen molar-refractivity contribution in [1.82, 2.24) is 0 Å². The molecule has 0 aromatic heterocycles. The molecule has 3 nitrogen and oxygen atoms in total. The molecule has 1 aromatic rings. The summed E-state index contributed by atoms with van der Waals surface area (Å²) in [7, 11) is 1.58. The summed E-state index contributed by atoms with van der Waals surface area (Å²) in [6, 6.07) is 3.31. The third kappa shape index (κ3) is 2.13. The maximum Gasteiger partial charge on any atom is 0.335 e. The van der Waals surface area contributed by atoms with E-state index >= 15 is 0 Å². The van der Waals surface area contributed by atoms with E-state index in [2.05, 4.69) is 15.9 Å². The Bertz CT molecular complexity index is 361. The van der Waals surface area contributed by atoms with Crippen LogP contribution in [0.15, 0.2) is 16.6 Å². The number of hydrogen-bond acceptors (Lipinski definition) is 2. The lowest BCUT2D eigenvalue weighted by molar-refractivity contribution is 0.0695. The minimum absolute atomic E-state index is 0.320. The highest BCUT2D eigenvalue weighted by Gasteiger charge is 2.12. The summed E-state index contributed by atoms with van der Waals surface area (Å²) in [5.41, 5.74) is 1.95. The van der Waals surface area contributed by atoms with Gasteiger partial charge in [0.15, 0.2) is 0 Å². The zero-order chi connectivity index (χ0) is 10.7. The molecule has 1 N–H and O–H groups in total. The van der Waals surface area contributed by atoms with Gasteiger partial charge in [-0.05, 0) is 30.2 Å². The van der Waals surface area contributed by atoms with Crippen molar-refractivity contribution in [2.45, 2.75) is 13.5 Å². The van der Waals surface area contributed by atoms with Crippen LogP contribution in [0.5, 0.6) is 0 Å². The molecule has 0 heterocycles. The number of methoxy groups -OCH3 is 1. The molecule has 0 fully saturated rings. The van der Waals surface area contributed by atoms with Crippen LogP contribution >= 0.6 is 15.9 Å². The van der Waals surface area contributed by atoms with Crippen molar-refractivity contribution in [3.8, 4) is 0 Å². The summed E-state index contributed by atoms with van der Waals surface area (Å²) < 4.78 is 5.88. The highest BCUT2D eigenvalue weighted by atomic mass is 79.9. The number of rotatable bonds is 3. The lowest BCUT2D eigenvalue weighted by atomic mass is 10.0. The smallest absolute Gasteiger partial charge is 0.335 e. The van der Waals surface area contributed by atoms with Gasteiger partial charge in [-0.1, -0.05) is 15.9 Å². The molecule has 14 heavy (non-hydrogen) atoms. The zero-order valence-corrected chi connectivity index (χ0v) is 9.59. The number of hydrogen-bond donors (Lipinski definition) is 1. The molecule has 1 rings (SSSR count). The molecule has 0 saturated heterocycles. The highest BCUT2D eigenvalue weighted by Crippen LogP contribution is 2.24. The Morgan fingerprint density at radius 3 is 2.71 bits per heavy atom. The van der Waals surface area contributed by atoms with E-state index in [0.29, 0.717) is 12.2 Å². The van der Waals surface area contributed by atoms with Gasteiger partial charge in [-0.2, -0.15) is 0 Å². The van der Waals surface area contributed by atoms with Crippen LogP contribution in [0, 0.1) is 6.92 Å². The van der Waals surface area contributed by atoms with Crippen molar-refractivity contribution in [3.63, 3.8) is 0 Å². The molecule has 0 aliphatic carbocycles. The number of ether oxygens (including phenoxy) is 1. The monoisotopic (exact) mass is 258 g/mol. The van der Waals surface area contributed by atoms with Crippen LogP contribution in [0.4, 0.5) is 0 Å². The van der Waals surface area contributed by atoms with Crippen molar-refractivity contribution in [3.05, 3.63) is 33.3 Å². The molecule has 0 amide bonds. The van der Waals surface area contributed by atoms with Gasteiger partial charge in [0.1, 0.15) is 0 Å². The number of carboxylic acid groups (broad SMARTS) is 1. The van der Waals surface area contributed by atoms with Crippen molar-refractivity contribution < 1.29 is 14.6 Å². The average molecular weight is 259 g/mol. The second kappa shape index (κ2) is 4.57. The molecule has 0 saturated carbocycles. The molecule has 0 radical (unpaired) electrons. The van der Waals surface area contributed by atoms with Gasteiger partial charge in [-0.3, -0.25) is 0 Å². The van der Waals surface area contributed by atoms with E-state index in [9.17, 15) is 4.79 Å². The number of aromatic carboxylic acids is 1. The minimum atomic E-state index is -0.910. The molecule has 0 atom stereocenters. The van der Waals surface area contributed by atoms with Gasteiger partial charge < -0.3 is 9.84 Å². The zero-order valence-electron chi connectivity index (χ0n) is 8.00. The normalized spacial score (nSPS) is 10.2. The summed E-state index contributed by atoms with van der Waals surface area (Å²) in [6.45, 7) is 2.19. The van der Waals surface area contributed by atoms with Crippen molar-refractivity contribution in [2.24, 2.45) is 0 Å². The highest BCUT2D eigenvalue weighted by molar-refractivity contribution is 9.10. The molecular formula is C10H11BrO3. The fraction of sp³-hybridized carbons (Fsp3) is 0.300. The van der Waals surface area contributed by atoms with Crippen LogP contribution in [-0.4, -0.2) is 18.2 Å². The van der Waals surface area contributed by atoms with Gasteiger partial charge in [0, 0.05) is 11.6 Å². The molecule has 0 aliphatic rings. The third-order valence-electron chi connectivity index (χ3n) is 2.06. The standard InChI is InChI=1S/C10H11BrO3/c1-6-7(10(12)13)3-4-9(11)8(6)5-14-2/h3-4H,5H2,1-2H3,(H,12,13). The predicted octanol–water partition coefficient (Wildman–Crippen LogP) is 2.60. The van der Waals surface area contributed by atoms with Crippen LogP contribution < -0.4 is 0 Å². The van der Waals surface area contributed by atoms with Gasteiger partial charge in [-0.15, -0.1) is 0 Å². The van der Waals surface area contributed by atoms with E-state index in [1.165, 1.54) is 0 Å². The molecule has 0 aliphatic heterocycles. The number of benzene rings is 1. The molecule has 4 heteroatoms. The predicted molar refractivity (Wildman–Crippen MR) is 56.6 cm³/mol. The number of carboxylic acids is 1. The Labute approximate surface area is 90.8 Å². The van der Waals surface area contributed by atoms with E-state index in [4.69, 9.17) is 9.84 Å². The van der Waals surface area contributed by atoms with E-state index in [0.717, 1.165) is 15.6 Å². The second-order valence-corrected chi connectivity index (χ2v) is 3.79. The maximum atomic E-state index is 10.8. The molecule has 1 aromatic carbocycles. The summed E-state index contributed by atoms with van der Waals surface area (Å²) in [4.78, 5) is 10.8. The summed E-state index contributed by atoms with van der Waals surface area (Å²) in [5.74, 6) is -0.910. The molecule has 0 spiro atoms. The van der Waals surface area contributed by atoms with Gasteiger partial charge in [0.25, 0.3) is 0 Å². The first-order chi connectivity index (χ1) is 6.57. The first-order valence-corrected chi connectivity index (χ1v) is 4.87. The minimum Gasteiger partial charge on any atom is -0.478 e. The molecule has 0 unspecified atom stereocenters. The third-order valence-corrected chi connectivity index (χ3v) is 2.80. The first-order valence-electron chi connectivity index (χ1n) is 4.08. The van der Waals surface area contributed by atoms with Crippen molar-refractivity contribution >= 4 is 21.9 Å². The Kier molecular flexibility index (Phi) is 3.66. The topological polar surface area (TPSA) is 46.5 Å². The van der Waals surface area contributed by atoms with Gasteiger partial charge in [0.2, 0.25) is 0 Å². The quantitative estimate of drug-likeness (QED) is 0.907. The lowest BCUT2D eigenvalue weighted by Crippen LogP contribution is -2.04. The van der Waals surface area contributed by atoms with Gasteiger partial charge in [0.05, 0.1) is 12.2 Å². The largest absolute Gasteiger partial charge is 0.478 e. The molecular weight excluding hydrogens is 248 g/mol. The van der Waals surface area contributed by atoms with Crippen molar-refractivity contribution in [2.75, 3.05) is 7.11 Å². The van der Waals surface area contributed by atoms with Gasteiger partial charge >= 0.3 is 5.97 Å². The maximum absolute atomic E-state index is 10.8. The van der Waals surface area contributed by atoms with E-state index in [-0.39, 0.29) is 0 Å². The summed E-state index contributed by atoms with van der Waals surface area (Å²) in [5, 5.41) is 8.89. The van der Waals surface area contributed by atoms with Gasteiger partial charge in [-0.25, -0.2) is 4.79 Å². The first kappa shape index (κ1) is 11.2. The van der Waals surface area contributed by atoms with E-state index in [1.54, 1.807) is 26.2 Å². The molecule has 76 valence electrons. The number of carbonyl (C=O) groups is 1. The second-order valence-electron chi connectivity index (χ2n) is 2.94. The summed E-state index contributed by atoms with van der Waals surface area (Å²) >= 11 is 3.36. The Hall–Kier alpha value is -0.870. The van der Waals surface area contributed by atoms with Crippen molar-refractivity contribution in [1.29, 1.82) is 0 Å². The van der Waals surface area contributed by atoms with E-state index < -0.39 is 5.97 Å². The Morgan fingerprint density at radius 2 is 2.21 bits per heavy atom. The van der Waals surface area contributed by atoms with Crippen LogP contribution in [0.1, 0.15) is 21.5 Å². The van der Waals surface area contributed by atoms with Crippen LogP contribution in [-0.2, 0) is 11.3 Å². The molecule has 0 bridgehead atoms. The average Bonchev–Trinajstić information content (AvgIpc) is 2.11. The lowest BCUT2D eigenvalue weighted by Gasteiger charge is -2.09. The number of halogens is 1. The summed E-state index contributed by atoms with van der Waals surface area (Å²) in [6.07, 6.45) is 0. The van der Waals surface area contributed by atoms with Crippen LogP contribution in [0.25, 0.3) is 0 Å². The Balaban J connectivity index is 3.26. The van der Waals surface area contributed by atoms with Crippen LogP contribution in [0.3, 0.4) is 0 Å². The van der Waals surface area contributed by atoms with Crippen LogP contribution in [0.2, 0.25) is 0 Å². The Morgan fingerprint density at radius 1 is 1.57 bits per heavy atom. The van der Waals surface area contributed by atoms with E-state index in [1.807, 2.05) is 0 Å².